The molecule has 2 aromatic heterocycles. The molecule has 1 aliphatic rings. The van der Waals surface area contributed by atoms with E-state index in [1.165, 1.54) is 24.5 Å². The van der Waals surface area contributed by atoms with Crippen LogP contribution in [0.3, 0.4) is 0 Å². The molecular formula is C19H18FN5O. The van der Waals surface area contributed by atoms with E-state index in [2.05, 4.69) is 26.8 Å². The molecule has 0 radical (unpaired) electrons. The minimum Gasteiger partial charge on any atom is -0.361 e. The summed E-state index contributed by atoms with van der Waals surface area (Å²) in [7, 11) is 0. The summed E-state index contributed by atoms with van der Waals surface area (Å²) < 4.78 is 13.9. The van der Waals surface area contributed by atoms with Gasteiger partial charge >= 0.3 is 0 Å². The first kappa shape index (κ1) is 16.3. The zero-order valence-electron chi connectivity index (χ0n) is 14.2. The molecular weight excluding hydrogens is 333 g/mol. The Morgan fingerprint density at radius 3 is 3.04 bits per heavy atom. The van der Waals surface area contributed by atoms with Crippen LogP contribution in [0.1, 0.15) is 30.1 Å². The topological polar surface area (TPSA) is 73.9 Å². The van der Waals surface area contributed by atoms with Crippen LogP contribution in [0.2, 0.25) is 0 Å². The van der Waals surface area contributed by atoms with Crippen molar-refractivity contribution in [2.75, 3.05) is 11.9 Å². The smallest absolute Gasteiger partial charge is 0.246 e. The van der Waals surface area contributed by atoms with Crippen LogP contribution >= 0.6 is 0 Å². The molecule has 26 heavy (non-hydrogen) atoms. The lowest BCUT2D eigenvalue weighted by Crippen LogP contribution is -2.42. The Bertz CT molecular complexity index is 999. The summed E-state index contributed by atoms with van der Waals surface area (Å²) in [6.45, 7) is 5.91. The number of anilines is 1. The van der Waals surface area contributed by atoms with E-state index in [0.717, 1.165) is 16.5 Å². The predicted octanol–water partition coefficient (Wildman–Crippen LogP) is 3.34. The van der Waals surface area contributed by atoms with E-state index < -0.39 is 0 Å². The molecule has 0 fully saturated rings. The summed E-state index contributed by atoms with van der Waals surface area (Å²) in [5.41, 5.74) is 2.45. The largest absolute Gasteiger partial charge is 0.361 e. The number of aromatic nitrogens is 3. The number of rotatable bonds is 3. The molecule has 1 amide bonds. The van der Waals surface area contributed by atoms with E-state index >= 15 is 0 Å². The number of fused-ring (bicyclic) bond motifs is 2. The van der Waals surface area contributed by atoms with Gasteiger partial charge < -0.3 is 15.2 Å². The Labute approximate surface area is 149 Å². The maximum Gasteiger partial charge on any atom is 0.246 e. The summed E-state index contributed by atoms with van der Waals surface area (Å²) in [6.07, 6.45) is 4.55. The van der Waals surface area contributed by atoms with Crippen molar-refractivity contribution < 1.29 is 9.18 Å². The molecule has 6 nitrogen and oxygen atoms in total. The lowest BCUT2D eigenvalue weighted by atomic mass is 9.89. The molecule has 1 aliphatic heterocycles. The van der Waals surface area contributed by atoms with Crippen LogP contribution in [-0.2, 0) is 4.79 Å². The van der Waals surface area contributed by atoms with Gasteiger partial charge in [-0.15, -0.1) is 0 Å². The Hall–Kier alpha value is -3.22. The molecule has 0 unspecified atom stereocenters. The van der Waals surface area contributed by atoms with Crippen molar-refractivity contribution in [2.45, 2.75) is 19.0 Å². The molecule has 0 saturated carbocycles. The van der Waals surface area contributed by atoms with Crippen LogP contribution in [0, 0.1) is 5.82 Å². The van der Waals surface area contributed by atoms with Gasteiger partial charge in [-0.1, -0.05) is 12.6 Å². The molecule has 2 N–H and O–H groups in total. The van der Waals surface area contributed by atoms with Crippen molar-refractivity contribution in [3.63, 3.8) is 0 Å². The first-order chi connectivity index (χ1) is 12.6. The van der Waals surface area contributed by atoms with Gasteiger partial charge in [0.15, 0.2) is 0 Å². The number of hydrogen-bond donors (Lipinski definition) is 2. The number of H-pyrrole nitrogens is 1. The normalized spacial score (nSPS) is 19.2. The van der Waals surface area contributed by atoms with Gasteiger partial charge in [0.2, 0.25) is 5.91 Å². The second-order valence-electron chi connectivity index (χ2n) is 6.30. The standard InChI is InChI=1S/C19H18FN5O/c1-3-17(26)25-9-16(15-8-12(20)4-5-13(15)11(25)2)24-19-14-6-7-21-18(14)22-10-23-19/h3-8,10-11,16H,1,9H2,2H3,(H2,21,22,23,24)/t11-,16-/m1/s1. The van der Waals surface area contributed by atoms with Crippen molar-refractivity contribution >= 4 is 22.8 Å². The number of carbonyl (C=O) groups excluding carboxylic acids is 1. The molecule has 0 bridgehead atoms. The molecule has 1 aromatic carbocycles. The Morgan fingerprint density at radius 1 is 1.38 bits per heavy atom. The number of nitrogens with one attached hydrogen (secondary N) is 2. The molecule has 2 atom stereocenters. The highest BCUT2D eigenvalue weighted by molar-refractivity contribution is 5.88. The molecule has 3 heterocycles. The lowest BCUT2D eigenvalue weighted by Gasteiger charge is -2.39. The number of carbonyl (C=O) groups is 1. The molecule has 7 heteroatoms. The van der Waals surface area contributed by atoms with Crippen molar-refractivity contribution in [3.8, 4) is 0 Å². The average molecular weight is 351 g/mol. The van der Waals surface area contributed by atoms with Crippen molar-refractivity contribution in [1.29, 1.82) is 0 Å². The van der Waals surface area contributed by atoms with E-state index in [1.54, 1.807) is 17.2 Å². The Balaban J connectivity index is 1.78. The van der Waals surface area contributed by atoms with Crippen molar-refractivity contribution in [3.05, 3.63) is 66.4 Å². The van der Waals surface area contributed by atoms with E-state index in [1.807, 2.05) is 13.0 Å². The maximum absolute atomic E-state index is 13.9. The van der Waals surface area contributed by atoms with Crippen molar-refractivity contribution in [2.24, 2.45) is 0 Å². The Kier molecular flexibility index (Phi) is 3.91. The molecule has 132 valence electrons. The maximum atomic E-state index is 13.9. The summed E-state index contributed by atoms with van der Waals surface area (Å²) in [5, 5.41) is 4.20. The highest BCUT2D eigenvalue weighted by Crippen LogP contribution is 2.37. The van der Waals surface area contributed by atoms with Crippen LogP contribution in [-0.4, -0.2) is 32.3 Å². The van der Waals surface area contributed by atoms with Crippen LogP contribution in [0.25, 0.3) is 11.0 Å². The van der Waals surface area contributed by atoms with Crippen LogP contribution in [0.5, 0.6) is 0 Å². The Morgan fingerprint density at radius 2 is 2.23 bits per heavy atom. The molecule has 0 saturated heterocycles. The second kappa shape index (κ2) is 6.25. The fraction of sp³-hybridized carbons (Fsp3) is 0.211. The first-order valence-corrected chi connectivity index (χ1v) is 8.35. The minimum atomic E-state index is -0.305. The zero-order valence-corrected chi connectivity index (χ0v) is 14.2. The molecule has 0 aliphatic carbocycles. The van der Waals surface area contributed by atoms with Gasteiger partial charge in [-0.25, -0.2) is 14.4 Å². The van der Waals surface area contributed by atoms with Gasteiger partial charge in [0, 0.05) is 12.7 Å². The van der Waals surface area contributed by atoms with Crippen LogP contribution in [0.4, 0.5) is 10.2 Å². The predicted molar refractivity (Wildman–Crippen MR) is 97.0 cm³/mol. The summed E-state index contributed by atoms with van der Waals surface area (Å²) in [6, 6.07) is 6.10. The fourth-order valence-corrected chi connectivity index (χ4v) is 3.52. The van der Waals surface area contributed by atoms with Gasteiger partial charge in [-0.2, -0.15) is 0 Å². The third-order valence-corrected chi connectivity index (χ3v) is 4.84. The summed E-state index contributed by atoms with van der Waals surface area (Å²) in [4.78, 5) is 25.6. The molecule has 4 rings (SSSR count). The third-order valence-electron chi connectivity index (χ3n) is 4.84. The number of halogens is 1. The number of nitrogens with zero attached hydrogens (tertiary/aromatic N) is 3. The molecule has 0 spiro atoms. The van der Waals surface area contributed by atoms with Gasteiger partial charge in [0.1, 0.15) is 23.6 Å². The van der Waals surface area contributed by atoms with E-state index in [-0.39, 0.29) is 23.8 Å². The van der Waals surface area contributed by atoms with E-state index in [0.29, 0.717) is 18.0 Å². The van der Waals surface area contributed by atoms with Crippen molar-refractivity contribution in [1.82, 2.24) is 19.9 Å². The zero-order chi connectivity index (χ0) is 18.3. The van der Waals surface area contributed by atoms with Crippen LogP contribution < -0.4 is 5.32 Å². The summed E-state index contributed by atoms with van der Waals surface area (Å²) >= 11 is 0. The average Bonchev–Trinajstić information content (AvgIpc) is 3.13. The number of amides is 1. The van der Waals surface area contributed by atoms with Gasteiger partial charge in [-0.05, 0) is 42.3 Å². The third kappa shape index (κ3) is 2.61. The summed E-state index contributed by atoms with van der Waals surface area (Å²) in [5.74, 6) is 0.173. The lowest BCUT2D eigenvalue weighted by molar-refractivity contribution is -0.128. The quantitative estimate of drug-likeness (QED) is 0.710. The highest BCUT2D eigenvalue weighted by Gasteiger charge is 2.33. The van der Waals surface area contributed by atoms with E-state index in [4.69, 9.17) is 0 Å². The van der Waals surface area contributed by atoms with Gasteiger partial charge in [0.05, 0.1) is 17.5 Å². The second-order valence-corrected chi connectivity index (χ2v) is 6.30. The van der Waals surface area contributed by atoms with E-state index in [9.17, 15) is 9.18 Å². The highest BCUT2D eigenvalue weighted by atomic mass is 19.1. The number of aromatic amines is 1. The minimum absolute atomic E-state index is 0.159. The van der Waals surface area contributed by atoms with Crippen LogP contribution in [0.15, 0.2) is 49.4 Å². The number of benzene rings is 1. The van der Waals surface area contributed by atoms with Gasteiger partial charge in [0.25, 0.3) is 0 Å². The first-order valence-electron chi connectivity index (χ1n) is 8.35. The SMILES string of the molecule is C=CC(=O)N1C[C@@H](Nc2ncnc3[nH]ccc23)c2cc(F)ccc2[C@H]1C. The monoisotopic (exact) mass is 351 g/mol. The number of hydrogen-bond acceptors (Lipinski definition) is 4. The fourth-order valence-electron chi connectivity index (χ4n) is 3.52. The molecule has 3 aromatic rings. The van der Waals surface area contributed by atoms with Gasteiger partial charge in [-0.3, -0.25) is 4.79 Å².